The number of carbonyl (C=O) groups excluding carboxylic acids is 1. The third kappa shape index (κ3) is 3.36. The highest BCUT2D eigenvalue weighted by Crippen LogP contribution is 2.23. The average molecular weight is 271 g/mol. The van der Waals surface area contributed by atoms with Crippen LogP contribution in [0.2, 0.25) is 0 Å². The summed E-state index contributed by atoms with van der Waals surface area (Å²) in [5.41, 5.74) is 5.42. The van der Waals surface area contributed by atoms with E-state index in [9.17, 15) is 4.79 Å². The number of rotatable bonds is 5. The van der Waals surface area contributed by atoms with Crippen LogP contribution in [0.4, 0.5) is 0 Å². The maximum atomic E-state index is 12.1. The Balaban J connectivity index is 2.71. The lowest BCUT2D eigenvalue weighted by molar-refractivity contribution is 0.0752. The van der Waals surface area contributed by atoms with Crippen molar-refractivity contribution in [2.75, 3.05) is 14.2 Å². The summed E-state index contributed by atoms with van der Waals surface area (Å²) >= 11 is 1.33. The molecule has 1 atom stereocenters. The van der Waals surface area contributed by atoms with Crippen molar-refractivity contribution >= 4 is 23.1 Å². The maximum Gasteiger partial charge on any atom is 0.264 e. The molecule has 0 saturated heterocycles. The number of oxime groups is 1. The fraction of sp³-hybridized carbons (Fsp3) is 0.455. The number of nitrogens with two attached hydrogens (primary N) is 1. The van der Waals surface area contributed by atoms with Crippen LogP contribution >= 0.6 is 11.3 Å². The average Bonchev–Trinajstić information content (AvgIpc) is 2.85. The van der Waals surface area contributed by atoms with Gasteiger partial charge in [0.2, 0.25) is 0 Å². The summed E-state index contributed by atoms with van der Waals surface area (Å²) in [5.74, 6) is 0.660. The molecule has 0 radical (unpaired) electrons. The zero-order chi connectivity index (χ0) is 13.7. The lowest BCUT2D eigenvalue weighted by Gasteiger charge is -2.23. The molecule has 1 unspecified atom stereocenters. The van der Waals surface area contributed by atoms with E-state index in [0.29, 0.717) is 17.0 Å². The molecule has 1 amide bonds. The summed E-state index contributed by atoms with van der Waals surface area (Å²) in [7, 11) is 3.24. The highest BCUT2D eigenvalue weighted by Gasteiger charge is 2.20. The van der Waals surface area contributed by atoms with Crippen molar-refractivity contribution < 1.29 is 14.7 Å². The van der Waals surface area contributed by atoms with E-state index in [0.717, 1.165) is 0 Å². The number of carbonyl (C=O) groups is 1. The van der Waals surface area contributed by atoms with Gasteiger partial charge in [0.1, 0.15) is 11.6 Å². The first-order valence-corrected chi connectivity index (χ1v) is 6.23. The van der Waals surface area contributed by atoms with Crippen LogP contribution in [0.25, 0.3) is 0 Å². The second-order valence-corrected chi connectivity index (χ2v) is 4.82. The van der Waals surface area contributed by atoms with E-state index >= 15 is 0 Å². The van der Waals surface area contributed by atoms with Crippen LogP contribution in [0.3, 0.4) is 0 Å². The van der Waals surface area contributed by atoms with E-state index in [1.54, 1.807) is 30.5 Å². The highest BCUT2D eigenvalue weighted by molar-refractivity contribution is 7.12. The summed E-state index contributed by atoms with van der Waals surface area (Å²) in [6.07, 6.45) is 0.321. The fourth-order valence-corrected chi connectivity index (χ4v) is 2.23. The smallest absolute Gasteiger partial charge is 0.264 e. The van der Waals surface area contributed by atoms with Crippen molar-refractivity contribution in [3.8, 4) is 5.75 Å². The lowest BCUT2D eigenvalue weighted by atomic mass is 10.2. The van der Waals surface area contributed by atoms with Crippen molar-refractivity contribution in [3.05, 3.63) is 16.3 Å². The predicted octanol–water partition coefficient (Wildman–Crippen LogP) is 1.35. The van der Waals surface area contributed by atoms with Crippen LogP contribution < -0.4 is 10.5 Å². The summed E-state index contributed by atoms with van der Waals surface area (Å²) in [5, 5.41) is 13.2. The summed E-state index contributed by atoms with van der Waals surface area (Å²) in [6, 6.07) is 1.54. The molecule has 6 nitrogen and oxygen atoms in total. The fourth-order valence-electron chi connectivity index (χ4n) is 1.39. The van der Waals surface area contributed by atoms with Crippen LogP contribution in [0.15, 0.2) is 16.6 Å². The zero-order valence-electron chi connectivity index (χ0n) is 10.6. The van der Waals surface area contributed by atoms with Gasteiger partial charge in [-0.3, -0.25) is 4.79 Å². The number of ether oxygens (including phenoxy) is 1. The third-order valence-electron chi connectivity index (χ3n) is 2.64. The van der Waals surface area contributed by atoms with E-state index in [1.807, 2.05) is 6.92 Å². The number of thiophene rings is 1. The lowest BCUT2D eigenvalue weighted by Crippen LogP contribution is -2.37. The molecule has 0 spiro atoms. The Morgan fingerprint density at radius 3 is 2.89 bits per heavy atom. The Kier molecular flexibility index (Phi) is 4.96. The molecule has 0 bridgehead atoms. The van der Waals surface area contributed by atoms with Crippen LogP contribution in [-0.2, 0) is 0 Å². The van der Waals surface area contributed by atoms with Crippen molar-refractivity contribution in [1.82, 2.24) is 4.90 Å². The summed E-state index contributed by atoms with van der Waals surface area (Å²) < 4.78 is 5.03. The van der Waals surface area contributed by atoms with Gasteiger partial charge in [-0.2, -0.15) is 0 Å². The van der Waals surface area contributed by atoms with E-state index in [2.05, 4.69) is 5.16 Å². The van der Waals surface area contributed by atoms with E-state index in [-0.39, 0.29) is 17.8 Å². The van der Waals surface area contributed by atoms with Gasteiger partial charge < -0.3 is 20.6 Å². The van der Waals surface area contributed by atoms with Gasteiger partial charge in [-0.25, -0.2) is 0 Å². The normalized spacial score (nSPS) is 13.2. The Hall–Kier alpha value is -1.76. The first-order valence-electron chi connectivity index (χ1n) is 5.35. The highest BCUT2D eigenvalue weighted by atomic mass is 32.1. The Morgan fingerprint density at radius 1 is 1.72 bits per heavy atom. The minimum atomic E-state index is -0.151. The third-order valence-corrected chi connectivity index (χ3v) is 3.53. The number of amidine groups is 1. The van der Waals surface area contributed by atoms with Gasteiger partial charge in [0.05, 0.1) is 12.0 Å². The monoisotopic (exact) mass is 271 g/mol. The van der Waals surface area contributed by atoms with Crippen LogP contribution in [0.5, 0.6) is 5.75 Å². The molecule has 3 N–H and O–H groups in total. The topological polar surface area (TPSA) is 88.2 Å². The number of nitrogens with zero attached hydrogens (tertiary/aromatic N) is 2. The van der Waals surface area contributed by atoms with Crippen molar-refractivity contribution in [1.29, 1.82) is 0 Å². The minimum Gasteiger partial charge on any atom is -0.496 e. The van der Waals surface area contributed by atoms with Crippen LogP contribution in [-0.4, -0.2) is 42.0 Å². The number of methoxy groups -OCH3 is 1. The van der Waals surface area contributed by atoms with Crippen molar-refractivity contribution in [2.24, 2.45) is 10.9 Å². The van der Waals surface area contributed by atoms with Gasteiger partial charge in [-0.15, -0.1) is 11.3 Å². The summed E-state index contributed by atoms with van der Waals surface area (Å²) in [4.78, 5) is 14.3. The van der Waals surface area contributed by atoms with Crippen molar-refractivity contribution in [2.45, 2.75) is 19.4 Å². The van der Waals surface area contributed by atoms with Gasteiger partial charge in [0.25, 0.3) is 5.91 Å². The van der Waals surface area contributed by atoms with Gasteiger partial charge in [0.15, 0.2) is 0 Å². The zero-order valence-corrected chi connectivity index (χ0v) is 11.4. The molecular weight excluding hydrogens is 254 g/mol. The van der Waals surface area contributed by atoms with Crippen LogP contribution in [0, 0.1) is 0 Å². The molecule has 1 heterocycles. The Labute approximate surface area is 110 Å². The second kappa shape index (κ2) is 6.25. The van der Waals surface area contributed by atoms with Gasteiger partial charge >= 0.3 is 0 Å². The van der Waals surface area contributed by atoms with Gasteiger partial charge in [-0.1, -0.05) is 5.16 Å². The SMILES string of the molecule is COc1csc(C(=O)N(C)C(C)CC(N)=NO)c1. The van der Waals surface area contributed by atoms with Crippen molar-refractivity contribution in [3.63, 3.8) is 0 Å². The van der Waals surface area contributed by atoms with Crippen LogP contribution in [0.1, 0.15) is 23.0 Å². The predicted molar refractivity (Wildman–Crippen MR) is 70.5 cm³/mol. The molecule has 7 heteroatoms. The van der Waals surface area contributed by atoms with E-state index < -0.39 is 0 Å². The molecule has 0 aliphatic heterocycles. The molecule has 18 heavy (non-hydrogen) atoms. The molecular formula is C11H17N3O3S. The molecule has 1 aromatic heterocycles. The quantitative estimate of drug-likeness (QED) is 0.366. The largest absolute Gasteiger partial charge is 0.496 e. The molecule has 0 saturated carbocycles. The Morgan fingerprint density at radius 2 is 2.39 bits per heavy atom. The first-order chi connectivity index (χ1) is 8.49. The molecule has 100 valence electrons. The Bertz CT molecular complexity index is 444. The molecule has 1 rings (SSSR count). The molecule has 0 fully saturated rings. The molecule has 1 aromatic rings. The molecule has 0 aliphatic carbocycles. The minimum absolute atomic E-state index is 0.103. The number of amides is 1. The maximum absolute atomic E-state index is 12.1. The van der Waals surface area contributed by atoms with E-state index in [4.69, 9.17) is 15.7 Å². The number of hydrogen-bond donors (Lipinski definition) is 2. The van der Waals surface area contributed by atoms with Gasteiger partial charge in [0, 0.05) is 31.0 Å². The number of hydrogen-bond acceptors (Lipinski definition) is 5. The summed E-state index contributed by atoms with van der Waals surface area (Å²) in [6.45, 7) is 1.83. The molecule has 0 aliphatic rings. The molecule has 0 aromatic carbocycles. The second-order valence-electron chi connectivity index (χ2n) is 3.91. The van der Waals surface area contributed by atoms with Gasteiger partial charge in [-0.05, 0) is 6.92 Å². The first kappa shape index (κ1) is 14.3. The standard InChI is InChI=1S/C11H17N3O3S/c1-7(4-10(12)13-16)14(2)11(15)9-5-8(17-3)6-18-9/h5-7,16H,4H2,1-3H3,(H2,12,13). The van der Waals surface area contributed by atoms with E-state index in [1.165, 1.54) is 11.3 Å².